The number of aliphatic hydroxyl groups is 2. The molecule has 0 unspecified atom stereocenters. The van der Waals surface area contributed by atoms with Crippen molar-refractivity contribution < 1.29 is 10.2 Å². The third kappa shape index (κ3) is 3.73. The molecule has 0 aliphatic carbocycles. The van der Waals surface area contributed by atoms with Crippen LogP contribution in [0.4, 0.5) is 0 Å². The average molecular weight is 349 g/mol. The van der Waals surface area contributed by atoms with E-state index in [-0.39, 0.29) is 13.2 Å². The Morgan fingerprint density at radius 1 is 0.905 bits per heavy atom. The smallest absolute Gasteiger partial charge is 0.0553 e. The van der Waals surface area contributed by atoms with Gasteiger partial charge in [-0.1, -0.05) is 57.4 Å². The Morgan fingerprint density at radius 2 is 1.43 bits per heavy atom. The highest BCUT2D eigenvalue weighted by Gasteiger charge is 2.31. The minimum atomic E-state index is -0.652. The summed E-state index contributed by atoms with van der Waals surface area (Å²) in [6, 6.07) is 14.2. The molecule has 2 aromatic carbocycles. The highest BCUT2D eigenvalue weighted by atomic mass is 79.9. The van der Waals surface area contributed by atoms with E-state index in [1.807, 2.05) is 24.3 Å². The van der Waals surface area contributed by atoms with Crippen molar-refractivity contribution in [3.63, 3.8) is 0 Å². The fourth-order valence-corrected chi connectivity index (χ4v) is 3.08. The lowest BCUT2D eigenvalue weighted by molar-refractivity contribution is 0.116. The van der Waals surface area contributed by atoms with Crippen LogP contribution in [0.2, 0.25) is 0 Å². The van der Waals surface area contributed by atoms with Crippen molar-refractivity contribution in [2.24, 2.45) is 0 Å². The largest absolute Gasteiger partial charge is 0.395 e. The van der Waals surface area contributed by atoms with E-state index < -0.39 is 5.41 Å². The van der Waals surface area contributed by atoms with Crippen molar-refractivity contribution in [2.45, 2.75) is 25.7 Å². The Balaban J connectivity index is 2.40. The molecule has 0 aliphatic rings. The number of rotatable bonds is 5. The van der Waals surface area contributed by atoms with Gasteiger partial charge >= 0.3 is 0 Å². The monoisotopic (exact) mass is 348 g/mol. The Morgan fingerprint density at radius 3 is 1.90 bits per heavy atom. The zero-order valence-corrected chi connectivity index (χ0v) is 14.0. The third-order valence-electron chi connectivity index (χ3n) is 3.89. The molecule has 0 amide bonds. The first kappa shape index (κ1) is 16.2. The molecule has 0 atom stereocenters. The van der Waals surface area contributed by atoms with E-state index in [1.54, 1.807) is 0 Å². The van der Waals surface area contributed by atoms with Crippen LogP contribution in [0.25, 0.3) is 0 Å². The predicted molar refractivity (Wildman–Crippen MR) is 89.6 cm³/mol. The molecule has 21 heavy (non-hydrogen) atoms. The van der Waals surface area contributed by atoms with E-state index in [0.717, 1.165) is 15.6 Å². The van der Waals surface area contributed by atoms with E-state index in [9.17, 15) is 10.2 Å². The summed E-state index contributed by atoms with van der Waals surface area (Å²) < 4.78 is 0.988. The van der Waals surface area contributed by atoms with Crippen molar-refractivity contribution in [3.8, 4) is 0 Å². The minimum absolute atomic E-state index is 0.0852. The van der Waals surface area contributed by atoms with E-state index in [1.165, 1.54) is 11.1 Å². The van der Waals surface area contributed by atoms with Crippen molar-refractivity contribution in [2.75, 3.05) is 13.2 Å². The van der Waals surface area contributed by atoms with E-state index >= 15 is 0 Å². The lowest BCUT2D eigenvalue weighted by atomic mass is 9.76. The zero-order chi connectivity index (χ0) is 15.5. The highest BCUT2D eigenvalue weighted by molar-refractivity contribution is 9.10. The first-order chi connectivity index (χ1) is 9.99. The van der Waals surface area contributed by atoms with Gasteiger partial charge in [-0.25, -0.2) is 0 Å². The third-order valence-corrected chi connectivity index (χ3v) is 4.41. The van der Waals surface area contributed by atoms with Crippen LogP contribution in [0.5, 0.6) is 0 Å². The van der Waals surface area contributed by atoms with Crippen LogP contribution in [-0.2, 0) is 11.8 Å². The van der Waals surface area contributed by atoms with E-state index in [4.69, 9.17) is 0 Å². The number of halogens is 1. The molecule has 0 saturated carbocycles. The van der Waals surface area contributed by atoms with Gasteiger partial charge in [-0.15, -0.1) is 0 Å². The van der Waals surface area contributed by atoms with Gasteiger partial charge in [0.05, 0.1) is 13.2 Å². The molecule has 0 radical (unpaired) electrons. The standard InChI is InChI=1S/C18H21BrO2/c1-13-7-14(2)9-15(8-13)10-18(11-20,12-21)16-3-5-17(19)6-4-16/h3-9,20-21H,10-12H2,1-2H3. The van der Waals surface area contributed by atoms with Crippen molar-refractivity contribution >= 4 is 15.9 Å². The summed E-state index contributed by atoms with van der Waals surface area (Å²) in [5, 5.41) is 19.9. The van der Waals surface area contributed by atoms with Gasteiger partial charge in [0.2, 0.25) is 0 Å². The molecule has 0 heterocycles. The second-order valence-electron chi connectivity index (χ2n) is 5.78. The second kappa shape index (κ2) is 6.73. The van der Waals surface area contributed by atoms with Crippen LogP contribution in [0.3, 0.4) is 0 Å². The summed E-state index contributed by atoms with van der Waals surface area (Å²) in [6.45, 7) is 3.96. The van der Waals surface area contributed by atoms with E-state index in [0.29, 0.717) is 6.42 Å². The number of aliphatic hydroxyl groups excluding tert-OH is 2. The Bertz CT molecular complexity index is 581. The fourth-order valence-electron chi connectivity index (χ4n) is 2.81. The molecule has 0 saturated heterocycles. The van der Waals surface area contributed by atoms with Gasteiger partial charge in [-0.3, -0.25) is 0 Å². The topological polar surface area (TPSA) is 40.5 Å². The zero-order valence-electron chi connectivity index (χ0n) is 12.4. The van der Waals surface area contributed by atoms with E-state index in [2.05, 4.69) is 48.0 Å². The summed E-state index contributed by atoms with van der Waals surface area (Å²) in [6.07, 6.45) is 0.615. The molecule has 2 rings (SSSR count). The van der Waals surface area contributed by atoms with Crippen LogP contribution in [-0.4, -0.2) is 23.4 Å². The molecule has 2 nitrogen and oxygen atoms in total. The number of hydrogen-bond donors (Lipinski definition) is 2. The maximum atomic E-state index is 9.93. The summed E-state index contributed by atoms with van der Waals surface area (Å²) in [7, 11) is 0. The number of hydrogen-bond acceptors (Lipinski definition) is 2. The molecule has 0 bridgehead atoms. The maximum Gasteiger partial charge on any atom is 0.0553 e. The van der Waals surface area contributed by atoms with Crippen molar-refractivity contribution in [3.05, 3.63) is 69.2 Å². The lowest BCUT2D eigenvalue weighted by Crippen LogP contribution is -2.37. The summed E-state index contributed by atoms with van der Waals surface area (Å²) in [5.74, 6) is 0. The molecule has 0 aromatic heterocycles. The van der Waals surface area contributed by atoms with Gasteiger partial charge in [0.1, 0.15) is 0 Å². The average Bonchev–Trinajstić information content (AvgIpc) is 2.45. The highest BCUT2D eigenvalue weighted by Crippen LogP contribution is 2.29. The van der Waals surface area contributed by atoms with Crippen LogP contribution in [0, 0.1) is 13.8 Å². The first-order valence-electron chi connectivity index (χ1n) is 7.04. The maximum absolute atomic E-state index is 9.93. The van der Waals surface area contributed by atoms with Crippen LogP contribution >= 0.6 is 15.9 Å². The molecule has 2 aromatic rings. The number of aryl methyl sites for hydroxylation is 2. The molecule has 0 spiro atoms. The van der Waals surface area contributed by atoms with Gasteiger partial charge in [0, 0.05) is 9.89 Å². The molecule has 3 heteroatoms. The summed E-state index contributed by atoms with van der Waals surface area (Å²) >= 11 is 3.42. The Hall–Kier alpha value is -1.16. The Kier molecular flexibility index (Phi) is 5.20. The molecule has 0 aliphatic heterocycles. The molecular formula is C18H21BrO2. The normalized spacial score (nSPS) is 11.7. The number of benzene rings is 2. The Labute approximate surface area is 134 Å². The van der Waals surface area contributed by atoms with Crippen LogP contribution < -0.4 is 0 Å². The first-order valence-corrected chi connectivity index (χ1v) is 7.83. The lowest BCUT2D eigenvalue weighted by Gasteiger charge is -2.31. The molecule has 2 N–H and O–H groups in total. The predicted octanol–water partition coefficient (Wildman–Crippen LogP) is 3.53. The SMILES string of the molecule is Cc1cc(C)cc(CC(CO)(CO)c2ccc(Br)cc2)c1. The quantitative estimate of drug-likeness (QED) is 0.867. The van der Waals surface area contributed by atoms with Gasteiger partial charge in [-0.05, 0) is 43.5 Å². The minimum Gasteiger partial charge on any atom is -0.395 e. The van der Waals surface area contributed by atoms with Gasteiger partial charge < -0.3 is 10.2 Å². The summed E-state index contributed by atoms with van der Waals surface area (Å²) in [5.41, 5.74) is 3.84. The van der Waals surface area contributed by atoms with Gasteiger partial charge in [0.25, 0.3) is 0 Å². The molecule has 112 valence electrons. The molecular weight excluding hydrogens is 328 g/mol. The van der Waals surface area contributed by atoms with Crippen molar-refractivity contribution in [1.82, 2.24) is 0 Å². The molecule has 0 fully saturated rings. The van der Waals surface area contributed by atoms with Crippen molar-refractivity contribution in [1.29, 1.82) is 0 Å². The van der Waals surface area contributed by atoms with Gasteiger partial charge in [0.15, 0.2) is 0 Å². The van der Waals surface area contributed by atoms with Crippen LogP contribution in [0.1, 0.15) is 22.3 Å². The van der Waals surface area contributed by atoms with Gasteiger partial charge in [-0.2, -0.15) is 0 Å². The van der Waals surface area contributed by atoms with Crippen LogP contribution in [0.15, 0.2) is 46.9 Å². The second-order valence-corrected chi connectivity index (χ2v) is 6.69. The fraction of sp³-hybridized carbons (Fsp3) is 0.333. The summed E-state index contributed by atoms with van der Waals surface area (Å²) in [4.78, 5) is 0.